The number of aromatic hydroxyl groups is 2. The second-order valence-electron chi connectivity index (χ2n) is 6.93. The summed E-state index contributed by atoms with van der Waals surface area (Å²) in [5, 5.41) is 21.5. The molecule has 0 atom stereocenters. The van der Waals surface area contributed by atoms with E-state index in [4.69, 9.17) is 5.73 Å². The van der Waals surface area contributed by atoms with Crippen LogP contribution in [0.4, 0.5) is 5.69 Å². The zero-order valence-electron chi connectivity index (χ0n) is 20.7. The zero-order chi connectivity index (χ0) is 25.7. The van der Waals surface area contributed by atoms with Gasteiger partial charge in [0.05, 0.1) is 5.56 Å². The lowest BCUT2D eigenvalue weighted by molar-refractivity contribution is 0.105. The van der Waals surface area contributed by atoms with Crippen LogP contribution in [0.1, 0.15) is 49.2 Å². The Morgan fingerprint density at radius 3 is 1.97 bits per heavy atom. The molecule has 0 aliphatic rings. The van der Waals surface area contributed by atoms with Crippen LogP contribution < -0.4 is 5.73 Å². The van der Waals surface area contributed by atoms with Crippen LogP contribution in [0.15, 0.2) is 91.5 Å². The van der Waals surface area contributed by atoms with Crippen LogP contribution in [0.2, 0.25) is 0 Å². The van der Waals surface area contributed by atoms with E-state index in [9.17, 15) is 15.0 Å². The summed E-state index contributed by atoms with van der Waals surface area (Å²) in [7, 11) is 0. The maximum Gasteiger partial charge on any atom is 0.196 e. The summed E-state index contributed by atoms with van der Waals surface area (Å²) in [5.41, 5.74) is 8.50. The van der Waals surface area contributed by atoms with Gasteiger partial charge in [0.25, 0.3) is 0 Å². The standard InChI is InChI=1S/C15H13NO3.C11H10.2C2H6/c1-9(10-2-4-11(16)5-3-10)15(19)13-7-6-12(17)8-14(13)18;1-9-5-4-7-10-6-2-3-8-11(9)10;2*1-2/h2-8,17-18H,1,16H2;2-8H,1H3;2*1-2H3. The number of fused-ring (bicyclic) bond motifs is 1. The number of Topliss-reactive ketones (excluding diaryl/α,β-unsaturated/α-hetero) is 1. The largest absolute Gasteiger partial charge is 0.508 e. The zero-order valence-corrected chi connectivity index (χ0v) is 20.7. The van der Waals surface area contributed by atoms with E-state index in [1.807, 2.05) is 27.7 Å². The van der Waals surface area contributed by atoms with Gasteiger partial charge >= 0.3 is 0 Å². The van der Waals surface area contributed by atoms with Crippen molar-refractivity contribution in [3.63, 3.8) is 0 Å². The third kappa shape index (κ3) is 7.52. The van der Waals surface area contributed by atoms with Crippen LogP contribution in [0.5, 0.6) is 11.5 Å². The topological polar surface area (TPSA) is 83.5 Å². The lowest BCUT2D eigenvalue weighted by Gasteiger charge is -2.07. The van der Waals surface area contributed by atoms with E-state index in [0.717, 1.165) is 6.07 Å². The highest BCUT2D eigenvalue weighted by molar-refractivity contribution is 6.29. The highest BCUT2D eigenvalue weighted by Gasteiger charge is 2.16. The summed E-state index contributed by atoms with van der Waals surface area (Å²) in [4.78, 5) is 12.2. The Kier molecular flexibility index (Phi) is 11.7. The van der Waals surface area contributed by atoms with Gasteiger partial charge in [0.15, 0.2) is 5.78 Å². The number of aryl methyl sites for hydroxylation is 1. The predicted octanol–water partition coefficient (Wildman–Crippen LogP) is 7.78. The maximum absolute atomic E-state index is 12.2. The number of rotatable bonds is 3. The molecule has 4 aromatic rings. The molecule has 0 saturated heterocycles. The first kappa shape index (κ1) is 28.0. The fraction of sp³-hybridized carbons (Fsp3) is 0.167. The van der Waals surface area contributed by atoms with Crippen molar-refractivity contribution in [2.75, 3.05) is 5.73 Å². The fourth-order valence-corrected chi connectivity index (χ4v) is 3.08. The second-order valence-corrected chi connectivity index (χ2v) is 6.93. The highest BCUT2D eigenvalue weighted by atomic mass is 16.3. The summed E-state index contributed by atoms with van der Waals surface area (Å²) in [6.45, 7) is 13.9. The maximum atomic E-state index is 12.2. The Hall–Kier alpha value is -4.05. The van der Waals surface area contributed by atoms with Crippen molar-refractivity contribution in [1.82, 2.24) is 0 Å². The molecule has 4 nitrogen and oxygen atoms in total. The van der Waals surface area contributed by atoms with Crippen molar-refractivity contribution >= 4 is 27.8 Å². The van der Waals surface area contributed by atoms with Gasteiger partial charge in [0.2, 0.25) is 0 Å². The van der Waals surface area contributed by atoms with E-state index in [2.05, 4.69) is 56.0 Å². The third-order valence-corrected chi connectivity index (χ3v) is 4.77. The molecular formula is C30H35NO3. The first-order valence-electron chi connectivity index (χ1n) is 11.4. The van der Waals surface area contributed by atoms with Crippen LogP contribution >= 0.6 is 0 Å². The van der Waals surface area contributed by atoms with Crippen molar-refractivity contribution in [1.29, 1.82) is 0 Å². The monoisotopic (exact) mass is 457 g/mol. The van der Waals surface area contributed by atoms with Gasteiger partial charge in [-0.15, -0.1) is 0 Å². The van der Waals surface area contributed by atoms with E-state index < -0.39 is 5.78 Å². The second kappa shape index (κ2) is 14.2. The van der Waals surface area contributed by atoms with Crippen LogP contribution in [0, 0.1) is 6.92 Å². The first-order chi connectivity index (χ1) is 16.4. The number of nitrogens with two attached hydrogens (primary N) is 1. The van der Waals surface area contributed by atoms with E-state index >= 15 is 0 Å². The number of hydrogen-bond donors (Lipinski definition) is 3. The van der Waals surface area contributed by atoms with Gasteiger partial charge in [-0.25, -0.2) is 0 Å². The summed E-state index contributed by atoms with van der Waals surface area (Å²) in [6, 6.07) is 25.4. The molecule has 0 bridgehead atoms. The summed E-state index contributed by atoms with van der Waals surface area (Å²) >= 11 is 0. The van der Waals surface area contributed by atoms with E-state index in [1.165, 1.54) is 28.5 Å². The number of carbonyl (C=O) groups excluding carboxylic acids is 1. The number of benzene rings is 4. The van der Waals surface area contributed by atoms with Crippen molar-refractivity contribution < 1.29 is 15.0 Å². The molecule has 0 aliphatic carbocycles. The smallest absolute Gasteiger partial charge is 0.196 e. The van der Waals surface area contributed by atoms with Crippen molar-refractivity contribution in [3.05, 3.63) is 108 Å². The van der Waals surface area contributed by atoms with E-state index in [-0.39, 0.29) is 22.6 Å². The molecule has 0 spiro atoms. The molecule has 0 saturated carbocycles. The predicted molar refractivity (Wildman–Crippen MR) is 145 cm³/mol. The van der Waals surface area contributed by atoms with Gasteiger partial charge in [0.1, 0.15) is 11.5 Å². The minimum atomic E-state index is -0.401. The lowest BCUT2D eigenvalue weighted by Crippen LogP contribution is -2.02. The fourth-order valence-electron chi connectivity index (χ4n) is 3.08. The molecule has 4 rings (SSSR count). The lowest BCUT2D eigenvalue weighted by atomic mass is 9.97. The average Bonchev–Trinajstić information content (AvgIpc) is 2.87. The van der Waals surface area contributed by atoms with Gasteiger partial charge in [-0.05, 0) is 53.1 Å². The highest BCUT2D eigenvalue weighted by Crippen LogP contribution is 2.27. The Morgan fingerprint density at radius 2 is 1.38 bits per heavy atom. The SMILES string of the molecule is C=C(C(=O)c1ccc(O)cc1O)c1ccc(N)cc1.CC.CC.Cc1cccc2ccccc12. The van der Waals surface area contributed by atoms with Gasteiger partial charge in [0, 0.05) is 17.3 Å². The van der Waals surface area contributed by atoms with E-state index in [1.54, 1.807) is 24.3 Å². The van der Waals surface area contributed by atoms with Crippen molar-refractivity contribution in [2.45, 2.75) is 34.6 Å². The number of phenols is 2. The van der Waals surface area contributed by atoms with Gasteiger partial charge in [-0.3, -0.25) is 4.79 Å². The average molecular weight is 458 g/mol. The van der Waals surface area contributed by atoms with E-state index in [0.29, 0.717) is 11.3 Å². The van der Waals surface area contributed by atoms with Gasteiger partial charge in [-0.2, -0.15) is 0 Å². The summed E-state index contributed by atoms with van der Waals surface area (Å²) in [6.07, 6.45) is 0. The quantitative estimate of drug-likeness (QED) is 0.167. The number of allylic oxidation sites excluding steroid dienone is 1. The first-order valence-corrected chi connectivity index (χ1v) is 11.4. The van der Waals surface area contributed by atoms with Gasteiger partial charge < -0.3 is 15.9 Å². The molecular weight excluding hydrogens is 422 g/mol. The molecule has 4 N–H and O–H groups in total. The molecule has 4 heteroatoms. The molecule has 178 valence electrons. The minimum Gasteiger partial charge on any atom is -0.508 e. The molecule has 4 aromatic carbocycles. The molecule has 0 unspecified atom stereocenters. The van der Waals surface area contributed by atoms with Crippen LogP contribution in [-0.4, -0.2) is 16.0 Å². The molecule has 0 fully saturated rings. The molecule has 0 aromatic heterocycles. The Balaban J connectivity index is 0.000000326. The van der Waals surface area contributed by atoms with Crippen LogP contribution in [0.25, 0.3) is 16.3 Å². The van der Waals surface area contributed by atoms with Crippen LogP contribution in [0.3, 0.4) is 0 Å². The Labute approximate surface area is 203 Å². The molecule has 0 aliphatic heterocycles. The molecule has 34 heavy (non-hydrogen) atoms. The number of anilines is 1. The van der Waals surface area contributed by atoms with Crippen LogP contribution in [-0.2, 0) is 0 Å². The number of ketones is 1. The molecule has 0 amide bonds. The van der Waals surface area contributed by atoms with Crippen molar-refractivity contribution in [2.24, 2.45) is 0 Å². The Bertz CT molecular complexity index is 1210. The summed E-state index contributed by atoms with van der Waals surface area (Å²) in [5.74, 6) is -0.781. The third-order valence-electron chi connectivity index (χ3n) is 4.77. The molecule has 0 radical (unpaired) electrons. The number of carbonyl (C=O) groups is 1. The summed E-state index contributed by atoms with van der Waals surface area (Å²) < 4.78 is 0. The van der Waals surface area contributed by atoms with Crippen molar-refractivity contribution in [3.8, 4) is 11.5 Å². The normalized spacial score (nSPS) is 9.32. The minimum absolute atomic E-state index is 0.0969. The number of nitrogen functional groups attached to an aromatic ring is 1. The molecule has 0 heterocycles. The number of phenolic OH excluding ortho intramolecular Hbond substituents is 2. The number of hydrogen-bond acceptors (Lipinski definition) is 4. The van der Waals surface area contributed by atoms with Gasteiger partial charge in [-0.1, -0.05) is 88.9 Å². The Morgan fingerprint density at radius 1 is 0.794 bits per heavy atom.